The second kappa shape index (κ2) is 14.6. The lowest BCUT2D eigenvalue weighted by Gasteiger charge is -2.37. The zero-order chi connectivity index (χ0) is 27.4. The number of ether oxygens (including phenoxy) is 6. The molecule has 0 fully saturated rings. The van der Waals surface area contributed by atoms with Gasteiger partial charge in [-0.15, -0.1) is 6.58 Å². The van der Waals surface area contributed by atoms with E-state index in [9.17, 15) is 4.79 Å². The van der Waals surface area contributed by atoms with Crippen LogP contribution in [0.25, 0.3) is 0 Å². The molecular formula is C29H41NO7. The van der Waals surface area contributed by atoms with Crippen molar-refractivity contribution in [3.05, 3.63) is 72.3 Å². The number of carbonyl (C=O) groups excluding carboxylic acids is 1. The lowest BCUT2D eigenvalue weighted by molar-refractivity contribution is -0.109. The third-order valence-corrected chi connectivity index (χ3v) is 5.65. The molecule has 2 aromatic rings. The normalized spacial score (nSPS) is 13.8. The zero-order valence-corrected chi connectivity index (χ0v) is 23.1. The first-order chi connectivity index (χ1) is 17.6. The molecule has 1 amide bonds. The second-order valence-corrected chi connectivity index (χ2v) is 9.60. The van der Waals surface area contributed by atoms with Gasteiger partial charge in [-0.3, -0.25) is 0 Å². The predicted molar refractivity (Wildman–Crippen MR) is 143 cm³/mol. The van der Waals surface area contributed by atoms with E-state index in [0.717, 1.165) is 22.6 Å². The summed E-state index contributed by atoms with van der Waals surface area (Å²) in [5.41, 5.74) is 1.26. The fourth-order valence-corrected chi connectivity index (χ4v) is 3.62. The number of likely N-dealkylation sites (N-methyl/N-ethyl adjacent to an activating group) is 1. The molecular weight excluding hydrogens is 474 g/mol. The first-order valence-electron chi connectivity index (χ1n) is 12.2. The van der Waals surface area contributed by atoms with Gasteiger partial charge in [-0.2, -0.15) is 0 Å². The van der Waals surface area contributed by atoms with Crippen LogP contribution in [0.1, 0.15) is 31.9 Å². The smallest absolute Gasteiger partial charge is 0.410 e. The van der Waals surface area contributed by atoms with E-state index in [1.807, 2.05) is 69.3 Å². The molecule has 37 heavy (non-hydrogen) atoms. The van der Waals surface area contributed by atoms with Crippen LogP contribution in [0.4, 0.5) is 4.79 Å². The van der Waals surface area contributed by atoms with Crippen molar-refractivity contribution in [2.45, 2.75) is 57.8 Å². The standard InChI is InChI=1S/C29H41NO7/c1-9-26(35-18-21-10-14-23(33-7)15-11-21)27(36-19-22-12-16-24(34-8)17-13-22)25(20-32-6)30(5)28(31)37-29(2,3)4/h9-17,25-27H,1,18-20H2,2-8H3/t25-,26+,27-/m1/s1. The second-order valence-electron chi connectivity index (χ2n) is 9.60. The van der Waals surface area contributed by atoms with Crippen molar-refractivity contribution in [2.75, 3.05) is 35.0 Å². The lowest BCUT2D eigenvalue weighted by atomic mass is 10.0. The molecule has 0 aliphatic carbocycles. The number of methoxy groups -OCH3 is 3. The molecule has 3 atom stereocenters. The van der Waals surface area contributed by atoms with Gasteiger partial charge >= 0.3 is 6.09 Å². The summed E-state index contributed by atoms with van der Waals surface area (Å²) < 4.78 is 34.3. The predicted octanol–water partition coefficient (Wildman–Crippen LogP) is 5.24. The number of amides is 1. The van der Waals surface area contributed by atoms with Gasteiger partial charge in [0.15, 0.2) is 0 Å². The van der Waals surface area contributed by atoms with Crippen molar-refractivity contribution in [1.29, 1.82) is 0 Å². The van der Waals surface area contributed by atoms with Crippen molar-refractivity contribution >= 4 is 6.09 Å². The highest BCUT2D eigenvalue weighted by Gasteiger charge is 2.36. The van der Waals surface area contributed by atoms with Crippen LogP contribution in [-0.4, -0.2) is 69.8 Å². The molecule has 0 N–H and O–H groups in total. The molecule has 0 spiro atoms. The molecule has 0 bridgehead atoms. The van der Waals surface area contributed by atoms with Crippen LogP contribution in [0.5, 0.6) is 11.5 Å². The maximum absolute atomic E-state index is 13.0. The summed E-state index contributed by atoms with van der Waals surface area (Å²) >= 11 is 0. The van der Waals surface area contributed by atoms with Gasteiger partial charge in [0.2, 0.25) is 0 Å². The van der Waals surface area contributed by atoms with Crippen LogP contribution in [0.3, 0.4) is 0 Å². The molecule has 8 heteroatoms. The van der Waals surface area contributed by atoms with E-state index in [4.69, 9.17) is 28.4 Å². The third kappa shape index (κ3) is 9.72. The maximum atomic E-state index is 13.0. The summed E-state index contributed by atoms with van der Waals surface area (Å²) in [7, 11) is 6.50. The molecule has 2 aromatic carbocycles. The Balaban J connectivity index is 2.29. The number of hydrogen-bond donors (Lipinski definition) is 0. The Morgan fingerprint density at radius 3 is 1.78 bits per heavy atom. The van der Waals surface area contributed by atoms with Gasteiger partial charge in [-0.05, 0) is 56.2 Å². The molecule has 0 radical (unpaired) electrons. The molecule has 204 valence electrons. The van der Waals surface area contributed by atoms with Gasteiger partial charge in [0.05, 0.1) is 40.1 Å². The Morgan fingerprint density at radius 1 is 0.892 bits per heavy atom. The molecule has 8 nitrogen and oxygen atoms in total. The van der Waals surface area contributed by atoms with Crippen LogP contribution < -0.4 is 9.47 Å². The van der Waals surface area contributed by atoms with E-state index in [2.05, 4.69) is 6.58 Å². The largest absolute Gasteiger partial charge is 0.497 e. The number of benzene rings is 2. The highest BCUT2D eigenvalue weighted by molar-refractivity contribution is 5.68. The van der Waals surface area contributed by atoms with E-state index in [0.29, 0.717) is 6.61 Å². The lowest BCUT2D eigenvalue weighted by Crippen LogP contribution is -2.53. The number of rotatable bonds is 14. The van der Waals surface area contributed by atoms with E-state index in [1.54, 1.807) is 34.5 Å². The fraction of sp³-hybridized carbons (Fsp3) is 0.483. The van der Waals surface area contributed by atoms with Gasteiger partial charge in [0.25, 0.3) is 0 Å². The first kappa shape index (κ1) is 30.2. The summed E-state index contributed by atoms with van der Waals surface area (Å²) in [6.45, 7) is 10.3. The van der Waals surface area contributed by atoms with Gasteiger partial charge in [0.1, 0.15) is 29.3 Å². The number of nitrogens with zero attached hydrogens (tertiary/aromatic N) is 1. The van der Waals surface area contributed by atoms with Gasteiger partial charge in [0, 0.05) is 14.2 Å². The average Bonchev–Trinajstić information content (AvgIpc) is 2.88. The first-order valence-corrected chi connectivity index (χ1v) is 12.2. The van der Waals surface area contributed by atoms with Crippen molar-refractivity contribution in [3.8, 4) is 11.5 Å². The van der Waals surface area contributed by atoms with Gasteiger partial charge < -0.3 is 33.3 Å². The van der Waals surface area contributed by atoms with Crippen LogP contribution in [-0.2, 0) is 32.2 Å². The van der Waals surface area contributed by atoms with Crippen molar-refractivity contribution in [1.82, 2.24) is 4.90 Å². The minimum Gasteiger partial charge on any atom is -0.497 e. The monoisotopic (exact) mass is 515 g/mol. The quantitative estimate of drug-likeness (QED) is 0.318. The fourth-order valence-electron chi connectivity index (χ4n) is 3.62. The van der Waals surface area contributed by atoms with E-state index >= 15 is 0 Å². The summed E-state index contributed by atoms with van der Waals surface area (Å²) in [6, 6.07) is 14.7. The van der Waals surface area contributed by atoms with E-state index < -0.39 is 29.9 Å². The molecule has 0 unspecified atom stereocenters. The Hall–Kier alpha value is -3.07. The minimum absolute atomic E-state index is 0.208. The van der Waals surface area contributed by atoms with E-state index in [-0.39, 0.29) is 13.2 Å². The summed E-state index contributed by atoms with van der Waals surface area (Å²) in [6.07, 6.45) is 0.0552. The third-order valence-electron chi connectivity index (χ3n) is 5.65. The Kier molecular flexibility index (Phi) is 11.9. The molecule has 0 saturated carbocycles. The number of carbonyl (C=O) groups is 1. The summed E-state index contributed by atoms with van der Waals surface area (Å²) in [5.74, 6) is 1.53. The number of hydrogen-bond acceptors (Lipinski definition) is 7. The highest BCUT2D eigenvalue weighted by Crippen LogP contribution is 2.22. The van der Waals surface area contributed by atoms with E-state index in [1.165, 1.54) is 4.90 Å². The van der Waals surface area contributed by atoms with Crippen LogP contribution in [0.2, 0.25) is 0 Å². The molecule has 0 saturated heterocycles. The molecule has 2 rings (SSSR count). The zero-order valence-electron chi connectivity index (χ0n) is 23.1. The Labute approximate surface area is 221 Å². The Bertz CT molecular complexity index is 954. The summed E-state index contributed by atoms with van der Waals surface area (Å²) in [5, 5.41) is 0. The molecule has 0 aliphatic rings. The average molecular weight is 516 g/mol. The molecule has 0 aromatic heterocycles. The van der Waals surface area contributed by atoms with Crippen molar-refractivity contribution < 1.29 is 33.2 Å². The van der Waals surface area contributed by atoms with Gasteiger partial charge in [-0.25, -0.2) is 4.79 Å². The topological polar surface area (TPSA) is 75.7 Å². The van der Waals surface area contributed by atoms with Crippen molar-refractivity contribution in [2.24, 2.45) is 0 Å². The Morgan fingerprint density at radius 2 is 1.38 bits per heavy atom. The van der Waals surface area contributed by atoms with Crippen LogP contribution in [0.15, 0.2) is 61.2 Å². The van der Waals surface area contributed by atoms with Crippen LogP contribution >= 0.6 is 0 Å². The van der Waals surface area contributed by atoms with Gasteiger partial charge in [-0.1, -0.05) is 30.3 Å². The highest BCUT2D eigenvalue weighted by atomic mass is 16.6. The van der Waals surface area contributed by atoms with Crippen molar-refractivity contribution in [3.63, 3.8) is 0 Å². The van der Waals surface area contributed by atoms with Crippen LogP contribution in [0, 0.1) is 0 Å². The summed E-state index contributed by atoms with van der Waals surface area (Å²) in [4.78, 5) is 14.5. The SMILES string of the molecule is C=C[C@H](OCc1ccc(OC)cc1)[C@H](OCc1ccc(OC)cc1)[C@@H](COC)N(C)C(=O)OC(C)(C)C. The molecule has 0 aliphatic heterocycles. The maximum Gasteiger partial charge on any atom is 0.410 e. The minimum atomic E-state index is -0.648. The molecule has 0 heterocycles.